The zero-order chi connectivity index (χ0) is 24.7. The summed E-state index contributed by atoms with van der Waals surface area (Å²) in [6, 6.07) is 10.8. The van der Waals surface area contributed by atoms with Gasteiger partial charge in [-0.1, -0.05) is 30.3 Å². The minimum absolute atomic E-state index is 0.114. The van der Waals surface area contributed by atoms with E-state index in [1.165, 1.54) is 6.20 Å². The Bertz CT molecular complexity index is 1280. The average molecular weight is 502 g/mol. The molecule has 180 valence electrons. The Labute approximate surface area is 190 Å². The molecule has 0 saturated heterocycles. The summed E-state index contributed by atoms with van der Waals surface area (Å²) in [6.07, 6.45) is -8.89. The van der Waals surface area contributed by atoms with Crippen molar-refractivity contribution in [3.63, 3.8) is 0 Å². The maximum atomic E-state index is 13.3. The van der Waals surface area contributed by atoms with Crippen LogP contribution < -0.4 is 4.74 Å². The van der Waals surface area contributed by atoms with Gasteiger partial charge in [0.05, 0.1) is 16.0 Å². The van der Waals surface area contributed by atoms with Crippen molar-refractivity contribution in [2.24, 2.45) is 0 Å². The van der Waals surface area contributed by atoms with Gasteiger partial charge in [0.2, 0.25) is 15.9 Å². The summed E-state index contributed by atoms with van der Waals surface area (Å²) in [4.78, 5) is 3.00. The molecule has 0 atom stereocenters. The minimum Gasteiger partial charge on any atom is -0.476 e. The van der Waals surface area contributed by atoms with Crippen LogP contribution in [-0.2, 0) is 28.9 Å². The molecule has 1 aliphatic heterocycles. The molecule has 34 heavy (non-hydrogen) atoms. The van der Waals surface area contributed by atoms with Gasteiger partial charge in [0.1, 0.15) is 6.61 Å². The lowest BCUT2D eigenvalue weighted by atomic mass is 10.0. The van der Waals surface area contributed by atoms with Crippen molar-refractivity contribution in [1.82, 2.24) is 9.29 Å². The largest absolute Gasteiger partial charge is 0.476 e. The van der Waals surface area contributed by atoms with Crippen LogP contribution in [0.1, 0.15) is 16.7 Å². The molecule has 0 unspecified atom stereocenters. The Morgan fingerprint density at radius 2 is 1.50 bits per heavy atom. The topological polar surface area (TPSA) is 59.5 Å². The van der Waals surface area contributed by atoms with Crippen molar-refractivity contribution in [2.75, 3.05) is 13.2 Å². The number of aromatic nitrogens is 1. The predicted octanol–water partition coefficient (Wildman–Crippen LogP) is 5.37. The van der Waals surface area contributed by atoms with Gasteiger partial charge in [-0.05, 0) is 35.4 Å². The third-order valence-electron chi connectivity index (χ3n) is 5.21. The maximum absolute atomic E-state index is 13.3. The van der Waals surface area contributed by atoms with Crippen molar-refractivity contribution in [3.05, 3.63) is 77.5 Å². The van der Waals surface area contributed by atoms with E-state index in [1.807, 2.05) is 0 Å². The maximum Gasteiger partial charge on any atom is 0.416 e. The van der Waals surface area contributed by atoms with Crippen LogP contribution in [0.2, 0.25) is 0 Å². The highest BCUT2D eigenvalue weighted by molar-refractivity contribution is 7.89. The molecule has 0 fully saturated rings. The first-order valence-corrected chi connectivity index (χ1v) is 11.3. The van der Waals surface area contributed by atoms with Crippen LogP contribution in [0.4, 0.5) is 26.3 Å². The lowest BCUT2D eigenvalue weighted by Gasteiger charge is -2.22. The molecule has 1 aliphatic rings. The number of nitrogens with zero attached hydrogens (tertiary/aromatic N) is 2. The molecule has 4 rings (SSSR count). The van der Waals surface area contributed by atoms with Gasteiger partial charge in [0.25, 0.3) is 0 Å². The fourth-order valence-electron chi connectivity index (χ4n) is 3.57. The normalized spacial score (nSPS) is 15.4. The van der Waals surface area contributed by atoms with Crippen LogP contribution >= 0.6 is 0 Å². The van der Waals surface area contributed by atoms with E-state index in [2.05, 4.69) is 4.98 Å². The number of pyridine rings is 1. The number of hydrogen-bond donors (Lipinski definition) is 0. The third kappa shape index (κ3) is 4.73. The Morgan fingerprint density at radius 1 is 0.882 bits per heavy atom. The molecule has 5 nitrogen and oxygen atoms in total. The number of rotatable bonds is 3. The zero-order valence-electron chi connectivity index (χ0n) is 17.2. The van der Waals surface area contributed by atoms with Crippen molar-refractivity contribution in [2.45, 2.75) is 23.8 Å². The number of fused-ring (bicyclic) bond motifs is 1. The number of ether oxygens (including phenoxy) is 1. The molecule has 0 saturated carbocycles. The van der Waals surface area contributed by atoms with Gasteiger partial charge in [-0.2, -0.15) is 30.6 Å². The van der Waals surface area contributed by atoms with Gasteiger partial charge >= 0.3 is 12.4 Å². The fourth-order valence-corrected chi connectivity index (χ4v) is 5.03. The highest BCUT2D eigenvalue weighted by Gasteiger charge is 2.39. The molecule has 2 heterocycles. The number of benzene rings is 2. The minimum atomic E-state index is -5.18. The third-order valence-corrected chi connectivity index (χ3v) is 7.04. The van der Waals surface area contributed by atoms with Crippen molar-refractivity contribution < 1.29 is 39.5 Å². The van der Waals surface area contributed by atoms with Crippen LogP contribution in [0.3, 0.4) is 0 Å². The second-order valence-corrected chi connectivity index (χ2v) is 9.37. The monoisotopic (exact) mass is 502 g/mol. The molecule has 0 N–H and O–H groups in total. The van der Waals surface area contributed by atoms with Crippen LogP contribution in [0.25, 0.3) is 11.1 Å². The first kappa shape index (κ1) is 24.0. The van der Waals surface area contributed by atoms with Gasteiger partial charge in [-0.3, -0.25) is 0 Å². The molecule has 0 bridgehead atoms. The lowest BCUT2D eigenvalue weighted by Crippen LogP contribution is -2.33. The van der Waals surface area contributed by atoms with Crippen molar-refractivity contribution >= 4 is 10.0 Å². The Hall–Kier alpha value is -3.12. The summed E-state index contributed by atoms with van der Waals surface area (Å²) >= 11 is 0. The number of sulfonamides is 1. The summed E-state index contributed by atoms with van der Waals surface area (Å²) in [7, 11) is -4.77. The average Bonchev–Trinajstić information content (AvgIpc) is 3.01. The first-order chi connectivity index (χ1) is 15.9. The summed E-state index contributed by atoms with van der Waals surface area (Å²) < 4.78 is 112. The van der Waals surface area contributed by atoms with E-state index in [-0.39, 0.29) is 43.8 Å². The lowest BCUT2D eigenvalue weighted by molar-refractivity contribution is -0.143. The van der Waals surface area contributed by atoms with Crippen LogP contribution in [0.15, 0.2) is 65.7 Å². The van der Waals surface area contributed by atoms with Gasteiger partial charge in [-0.15, -0.1) is 0 Å². The molecule has 0 amide bonds. The van der Waals surface area contributed by atoms with Crippen LogP contribution in [0.5, 0.6) is 5.88 Å². The molecule has 3 aromatic rings. The van der Waals surface area contributed by atoms with Gasteiger partial charge < -0.3 is 4.74 Å². The fraction of sp³-hybridized carbons (Fsp3) is 0.227. The summed E-state index contributed by atoms with van der Waals surface area (Å²) in [5.41, 5.74) is -1.79. The molecule has 0 spiro atoms. The summed E-state index contributed by atoms with van der Waals surface area (Å²) in [6.45, 7) is -0.847. The number of alkyl halides is 6. The van der Waals surface area contributed by atoms with Gasteiger partial charge in [0.15, 0.2) is 0 Å². The molecule has 1 aromatic heterocycles. The quantitative estimate of drug-likeness (QED) is 0.452. The van der Waals surface area contributed by atoms with E-state index in [9.17, 15) is 34.8 Å². The van der Waals surface area contributed by atoms with E-state index < -0.39 is 38.4 Å². The first-order valence-electron chi connectivity index (χ1n) is 9.83. The van der Waals surface area contributed by atoms with Crippen molar-refractivity contribution in [3.8, 4) is 17.0 Å². The molecular formula is C22H16F6N2O3S. The van der Waals surface area contributed by atoms with Crippen LogP contribution in [0, 0.1) is 0 Å². The van der Waals surface area contributed by atoms with Crippen LogP contribution in [-0.4, -0.2) is 30.9 Å². The van der Waals surface area contributed by atoms with Gasteiger partial charge in [-0.25, -0.2) is 13.4 Å². The highest BCUT2D eigenvalue weighted by Crippen LogP contribution is 2.39. The van der Waals surface area contributed by atoms with E-state index in [0.29, 0.717) is 16.7 Å². The number of halogens is 6. The Morgan fingerprint density at radius 3 is 2.09 bits per heavy atom. The number of hydrogen-bond acceptors (Lipinski definition) is 4. The molecular weight excluding hydrogens is 486 g/mol. The standard InChI is InChI=1S/C22H16F6N2O3S/c23-21(24,25)15-10-16(22(26,27)28)12-17(11-15)34(31,32)30-8-9-33-20-19(13-30)18(6-7-29-20)14-4-2-1-3-5-14/h1-7,10-12H,8-9,13H2. The van der Waals surface area contributed by atoms with E-state index in [0.717, 1.165) is 4.31 Å². The van der Waals surface area contributed by atoms with E-state index in [1.54, 1.807) is 36.4 Å². The smallest absolute Gasteiger partial charge is 0.416 e. The molecule has 2 aromatic carbocycles. The summed E-state index contributed by atoms with van der Waals surface area (Å²) in [5.74, 6) is 0.138. The molecule has 0 aliphatic carbocycles. The highest BCUT2D eigenvalue weighted by atomic mass is 32.2. The van der Waals surface area contributed by atoms with E-state index in [4.69, 9.17) is 4.74 Å². The van der Waals surface area contributed by atoms with Crippen molar-refractivity contribution in [1.29, 1.82) is 0 Å². The van der Waals surface area contributed by atoms with E-state index >= 15 is 0 Å². The molecule has 12 heteroatoms. The Kier molecular flexibility index (Phi) is 6.06. The second-order valence-electron chi connectivity index (χ2n) is 7.44. The summed E-state index contributed by atoms with van der Waals surface area (Å²) in [5, 5.41) is 0. The SMILES string of the molecule is O=S(=O)(c1cc(C(F)(F)F)cc(C(F)(F)F)c1)N1CCOc2nccc(-c3ccccc3)c2C1. The molecule has 0 radical (unpaired) electrons. The van der Waals surface area contributed by atoms with Gasteiger partial charge in [0, 0.05) is 24.8 Å². The second kappa shape index (κ2) is 8.58. The Balaban J connectivity index is 1.81. The zero-order valence-corrected chi connectivity index (χ0v) is 18.0. The predicted molar refractivity (Wildman–Crippen MR) is 109 cm³/mol.